The molecule has 1 aromatic carbocycles. The van der Waals surface area contributed by atoms with Crippen LogP contribution in [0, 0.1) is 17.8 Å². The summed E-state index contributed by atoms with van der Waals surface area (Å²) in [5, 5.41) is 0. The molecule has 1 amide bonds. The molecule has 0 N–H and O–H groups in total. The molecule has 22 heavy (non-hydrogen) atoms. The Balaban J connectivity index is 1.57. The molecule has 4 saturated carbocycles. The molecule has 4 aliphatic carbocycles. The number of hydrogen-bond acceptors (Lipinski definition) is 1. The van der Waals surface area contributed by atoms with Gasteiger partial charge in [-0.1, -0.05) is 30.3 Å². The predicted molar refractivity (Wildman–Crippen MR) is 86.8 cm³/mol. The van der Waals surface area contributed by atoms with Crippen LogP contribution in [0.15, 0.2) is 35.9 Å². The normalized spacial score (nSPS) is 39.4. The predicted octanol–water partition coefficient (Wildman–Crippen LogP) is 4.23. The first-order chi connectivity index (χ1) is 10.7. The minimum Gasteiger partial charge on any atom is -0.301 e. The minimum atomic E-state index is 0.149. The van der Waals surface area contributed by atoms with E-state index in [1.165, 1.54) is 49.8 Å². The van der Waals surface area contributed by atoms with E-state index in [1.54, 1.807) is 0 Å². The Morgan fingerprint density at radius 3 is 2.05 bits per heavy atom. The Kier molecular flexibility index (Phi) is 2.49. The summed E-state index contributed by atoms with van der Waals surface area (Å²) in [4.78, 5) is 15.0. The van der Waals surface area contributed by atoms with Crippen LogP contribution in [0.25, 0.3) is 5.70 Å². The Bertz CT molecular complexity index is 637. The molecule has 1 heterocycles. The van der Waals surface area contributed by atoms with E-state index in [1.807, 2.05) is 6.92 Å². The Morgan fingerprint density at radius 1 is 0.955 bits per heavy atom. The summed E-state index contributed by atoms with van der Waals surface area (Å²) in [5.41, 5.74) is 3.54. The molecule has 0 atom stereocenters. The topological polar surface area (TPSA) is 20.3 Å². The number of rotatable bonds is 2. The molecular weight excluding hydrogens is 270 g/mol. The van der Waals surface area contributed by atoms with Crippen LogP contribution < -0.4 is 0 Å². The fourth-order valence-electron chi connectivity index (χ4n) is 6.22. The summed E-state index contributed by atoms with van der Waals surface area (Å²) in [7, 11) is 0. The summed E-state index contributed by atoms with van der Waals surface area (Å²) in [6.07, 6.45) is 8.00. The largest absolute Gasteiger partial charge is 0.301 e. The van der Waals surface area contributed by atoms with Crippen LogP contribution in [-0.2, 0) is 4.79 Å². The number of nitrogens with zero attached hydrogens (tertiary/aromatic N) is 1. The molecule has 4 bridgehead atoms. The third-order valence-corrected chi connectivity index (χ3v) is 6.63. The van der Waals surface area contributed by atoms with Crippen molar-refractivity contribution in [1.82, 2.24) is 4.90 Å². The monoisotopic (exact) mass is 293 g/mol. The van der Waals surface area contributed by atoms with Crippen LogP contribution in [0.1, 0.15) is 51.0 Å². The van der Waals surface area contributed by atoms with Crippen molar-refractivity contribution in [3.05, 3.63) is 41.5 Å². The highest BCUT2D eigenvalue weighted by atomic mass is 16.2. The van der Waals surface area contributed by atoms with Gasteiger partial charge in [-0.3, -0.25) is 4.79 Å². The van der Waals surface area contributed by atoms with Crippen LogP contribution in [0.5, 0.6) is 0 Å². The van der Waals surface area contributed by atoms with Gasteiger partial charge in [-0.15, -0.1) is 0 Å². The summed E-state index contributed by atoms with van der Waals surface area (Å²) < 4.78 is 0. The average Bonchev–Trinajstić information content (AvgIpc) is 2.50. The molecule has 0 saturated heterocycles. The third-order valence-electron chi connectivity index (χ3n) is 6.63. The molecule has 2 nitrogen and oxygen atoms in total. The molecule has 0 aromatic heterocycles. The van der Waals surface area contributed by atoms with Crippen LogP contribution in [-0.4, -0.2) is 16.3 Å². The summed E-state index contributed by atoms with van der Waals surface area (Å²) in [6, 6.07) is 10.5. The maximum atomic E-state index is 12.7. The van der Waals surface area contributed by atoms with E-state index < -0.39 is 0 Å². The first-order valence-electron chi connectivity index (χ1n) is 8.77. The van der Waals surface area contributed by atoms with Crippen molar-refractivity contribution in [3.63, 3.8) is 0 Å². The van der Waals surface area contributed by atoms with Crippen molar-refractivity contribution in [2.75, 3.05) is 0 Å². The van der Waals surface area contributed by atoms with Crippen molar-refractivity contribution in [1.29, 1.82) is 0 Å². The van der Waals surface area contributed by atoms with Crippen molar-refractivity contribution in [2.45, 2.75) is 51.0 Å². The minimum absolute atomic E-state index is 0.149. The second kappa shape index (κ2) is 4.24. The van der Waals surface area contributed by atoms with Gasteiger partial charge in [0.05, 0.1) is 5.70 Å². The van der Waals surface area contributed by atoms with Gasteiger partial charge in [0, 0.05) is 11.1 Å². The van der Waals surface area contributed by atoms with E-state index in [4.69, 9.17) is 0 Å². The molecule has 0 unspecified atom stereocenters. The average molecular weight is 293 g/mol. The molecule has 1 aromatic rings. The standard InChI is InChI=1S/C20H23NO/c1-13-18(17-5-3-2-4-6-17)21(19(13)22)20-10-14-7-15(11-20)9-16(8-14)12-20/h2-6,14-16H,7-12H2,1H3. The molecule has 2 heteroatoms. The van der Waals surface area contributed by atoms with E-state index in [2.05, 4.69) is 35.2 Å². The fourth-order valence-corrected chi connectivity index (χ4v) is 6.22. The molecule has 114 valence electrons. The Hall–Kier alpha value is -1.57. The van der Waals surface area contributed by atoms with E-state index in [0.717, 1.165) is 23.3 Å². The third kappa shape index (κ3) is 1.59. The van der Waals surface area contributed by atoms with Gasteiger partial charge in [0.2, 0.25) is 0 Å². The molecule has 0 spiro atoms. The highest BCUT2D eigenvalue weighted by Gasteiger charge is 2.58. The number of carbonyl (C=O) groups is 1. The van der Waals surface area contributed by atoms with Gasteiger partial charge in [-0.25, -0.2) is 0 Å². The van der Waals surface area contributed by atoms with Gasteiger partial charge in [-0.05, 0) is 68.8 Å². The highest BCUT2D eigenvalue weighted by molar-refractivity contribution is 6.13. The molecule has 5 aliphatic rings. The van der Waals surface area contributed by atoms with Crippen molar-refractivity contribution in [3.8, 4) is 0 Å². The Labute approximate surface area is 132 Å². The smallest absolute Gasteiger partial charge is 0.256 e. The van der Waals surface area contributed by atoms with E-state index in [9.17, 15) is 4.79 Å². The molecule has 1 aliphatic heterocycles. The van der Waals surface area contributed by atoms with Gasteiger partial charge >= 0.3 is 0 Å². The SMILES string of the molecule is CC1=C(c2ccccc2)N(C23CC4CC(CC(C4)C2)C3)C1=O. The first kappa shape index (κ1) is 12.9. The summed E-state index contributed by atoms with van der Waals surface area (Å²) in [6.45, 7) is 2.00. The van der Waals surface area contributed by atoms with Crippen molar-refractivity contribution < 1.29 is 4.79 Å². The lowest BCUT2D eigenvalue weighted by Crippen LogP contribution is -2.63. The van der Waals surface area contributed by atoms with Gasteiger partial charge in [0.15, 0.2) is 0 Å². The summed E-state index contributed by atoms with van der Waals surface area (Å²) >= 11 is 0. The molecular formula is C20H23NO. The zero-order valence-corrected chi connectivity index (χ0v) is 13.2. The molecule has 0 radical (unpaired) electrons. The number of amides is 1. The van der Waals surface area contributed by atoms with Crippen LogP contribution in [0.2, 0.25) is 0 Å². The van der Waals surface area contributed by atoms with Crippen LogP contribution in [0.3, 0.4) is 0 Å². The van der Waals surface area contributed by atoms with Crippen LogP contribution in [0.4, 0.5) is 0 Å². The zero-order chi connectivity index (χ0) is 14.9. The summed E-state index contributed by atoms with van der Waals surface area (Å²) in [5.74, 6) is 2.91. The Morgan fingerprint density at radius 2 is 1.50 bits per heavy atom. The first-order valence-corrected chi connectivity index (χ1v) is 8.77. The lowest BCUT2D eigenvalue weighted by Gasteiger charge is -2.62. The van der Waals surface area contributed by atoms with E-state index in [0.29, 0.717) is 5.91 Å². The number of carbonyl (C=O) groups excluding carboxylic acids is 1. The lowest BCUT2D eigenvalue weighted by atomic mass is 9.52. The number of hydrogen-bond donors (Lipinski definition) is 0. The second-order valence-corrected chi connectivity index (χ2v) is 8.12. The van der Waals surface area contributed by atoms with E-state index >= 15 is 0 Å². The zero-order valence-electron chi connectivity index (χ0n) is 13.2. The maximum absolute atomic E-state index is 12.7. The molecule has 6 rings (SSSR count). The van der Waals surface area contributed by atoms with Crippen molar-refractivity contribution in [2.24, 2.45) is 17.8 Å². The quantitative estimate of drug-likeness (QED) is 0.799. The number of benzene rings is 1. The van der Waals surface area contributed by atoms with Gasteiger partial charge in [0.25, 0.3) is 5.91 Å². The van der Waals surface area contributed by atoms with Gasteiger partial charge < -0.3 is 4.90 Å². The van der Waals surface area contributed by atoms with Crippen LogP contribution >= 0.6 is 0 Å². The van der Waals surface area contributed by atoms with E-state index in [-0.39, 0.29) is 5.54 Å². The lowest BCUT2D eigenvalue weighted by molar-refractivity contribution is -0.142. The van der Waals surface area contributed by atoms with Crippen molar-refractivity contribution >= 4 is 11.6 Å². The fraction of sp³-hybridized carbons (Fsp3) is 0.550. The van der Waals surface area contributed by atoms with Gasteiger partial charge in [-0.2, -0.15) is 0 Å². The molecule has 4 fully saturated rings. The highest BCUT2D eigenvalue weighted by Crippen LogP contribution is 2.60. The van der Waals surface area contributed by atoms with Gasteiger partial charge in [0.1, 0.15) is 0 Å². The maximum Gasteiger partial charge on any atom is 0.256 e. The second-order valence-electron chi connectivity index (χ2n) is 8.12.